The summed E-state index contributed by atoms with van der Waals surface area (Å²) in [6.45, 7) is 0. The minimum atomic E-state index is -2.90. The van der Waals surface area contributed by atoms with Crippen LogP contribution >= 0.6 is 15.9 Å². The van der Waals surface area contributed by atoms with Crippen molar-refractivity contribution in [2.75, 3.05) is 0 Å². The van der Waals surface area contributed by atoms with Gasteiger partial charge in [-0.25, -0.2) is 13.6 Å². The lowest BCUT2D eigenvalue weighted by atomic mass is 9.80. The van der Waals surface area contributed by atoms with Crippen LogP contribution in [0.1, 0.15) is 24.8 Å². The zero-order valence-corrected chi connectivity index (χ0v) is 11.5. The molecule has 0 aromatic heterocycles. The zero-order chi connectivity index (χ0) is 14.3. The number of alkyl halides is 2. The molecular formula is C13H13BrF2O3. The van der Waals surface area contributed by atoms with E-state index in [1.165, 1.54) is 12.1 Å². The van der Waals surface area contributed by atoms with Crippen LogP contribution in [0.15, 0.2) is 28.7 Å². The molecule has 2 N–H and O–H groups in total. The minimum Gasteiger partial charge on any atom is -0.479 e. The maximum Gasteiger partial charge on any atom is 0.340 e. The maximum absolute atomic E-state index is 13.3. The molecule has 1 saturated carbocycles. The molecule has 3 nitrogen and oxygen atoms in total. The van der Waals surface area contributed by atoms with Gasteiger partial charge in [0, 0.05) is 23.2 Å². The number of aliphatic carboxylic acids is 1. The Balaban J connectivity index is 2.38. The SMILES string of the molecule is O=C(O)[C@](O)(c1ccc(Br)cc1)[C@@H]1CCC(F)(F)C1. The topological polar surface area (TPSA) is 57.5 Å². The van der Waals surface area contributed by atoms with Crippen molar-refractivity contribution in [2.24, 2.45) is 5.92 Å². The summed E-state index contributed by atoms with van der Waals surface area (Å²) >= 11 is 3.20. The van der Waals surface area contributed by atoms with Crippen LogP contribution in [-0.2, 0) is 10.4 Å². The van der Waals surface area contributed by atoms with Crippen molar-refractivity contribution in [1.82, 2.24) is 0 Å². The first-order valence-electron chi connectivity index (χ1n) is 5.85. The molecule has 0 spiro atoms. The van der Waals surface area contributed by atoms with Gasteiger partial charge in [-0.05, 0) is 24.1 Å². The van der Waals surface area contributed by atoms with Gasteiger partial charge in [0.1, 0.15) is 0 Å². The smallest absolute Gasteiger partial charge is 0.340 e. The first-order valence-corrected chi connectivity index (χ1v) is 6.64. The van der Waals surface area contributed by atoms with Gasteiger partial charge in [-0.2, -0.15) is 0 Å². The van der Waals surface area contributed by atoms with E-state index in [-0.39, 0.29) is 18.4 Å². The largest absolute Gasteiger partial charge is 0.479 e. The molecule has 0 heterocycles. The fourth-order valence-electron chi connectivity index (χ4n) is 2.54. The Morgan fingerprint density at radius 2 is 1.95 bits per heavy atom. The van der Waals surface area contributed by atoms with Crippen LogP contribution in [0.2, 0.25) is 0 Å². The van der Waals surface area contributed by atoms with Gasteiger partial charge in [0.15, 0.2) is 5.60 Å². The summed E-state index contributed by atoms with van der Waals surface area (Å²) in [6.07, 6.45) is -0.998. The van der Waals surface area contributed by atoms with E-state index < -0.39 is 29.8 Å². The van der Waals surface area contributed by atoms with Gasteiger partial charge in [-0.15, -0.1) is 0 Å². The van der Waals surface area contributed by atoms with Crippen molar-refractivity contribution in [3.8, 4) is 0 Å². The minimum absolute atomic E-state index is 0.00807. The van der Waals surface area contributed by atoms with Gasteiger partial charge in [0.2, 0.25) is 5.92 Å². The van der Waals surface area contributed by atoms with Crippen molar-refractivity contribution in [2.45, 2.75) is 30.8 Å². The number of aliphatic hydroxyl groups is 1. The van der Waals surface area contributed by atoms with Gasteiger partial charge in [-0.3, -0.25) is 0 Å². The van der Waals surface area contributed by atoms with Crippen molar-refractivity contribution in [1.29, 1.82) is 0 Å². The molecule has 0 radical (unpaired) electrons. The first-order chi connectivity index (χ1) is 8.75. The quantitative estimate of drug-likeness (QED) is 0.892. The fourth-order valence-corrected chi connectivity index (χ4v) is 2.81. The van der Waals surface area contributed by atoms with Gasteiger partial charge >= 0.3 is 5.97 Å². The van der Waals surface area contributed by atoms with Crippen molar-refractivity contribution < 1.29 is 23.8 Å². The predicted molar refractivity (Wildman–Crippen MR) is 68.0 cm³/mol. The van der Waals surface area contributed by atoms with Gasteiger partial charge in [0.05, 0.1) is 0 Å². The van der Waals surface area contributed by atoms with Crippen LogP contribution in [-0.4, -0.2) is 22.1 Å². The van der Waals surface area contributed by atoms with Crippen LogP contribution in [0.3, 0.4) is 0 Å². The van der Waals surface area contributed by atoms with Crippen LogP contribution in [0.4, 0.5) is 8.78 Å². The second-order valence-electron chi connectivity index (χ2n) is 4.87. The Morgan fingerprint density at radius 3 is 2.37 bits per heavy atom. The van der Waals surface area contributed by atoms with Crippen molar-refractivity contribution in [3.05, 3.63) is 34.3 Å². The predicted octanol–water partition coefficient (Wildman–Crippen LogP) is 3.16. The molecule has 1 fully saturated rings. The van der Waals surface area contributed by atoms with Gasteiger partial charge < -0.3 is 10.2 Å². The molecule has 2 rings (SSSR count). The molecule has 0 aliphatic heterocycles. The molecule has 1 aliphatic carbocycles. The van der Waals surface area contributed by atoms with Gasteiger partial charge in [-0.1, -0.05) is 28.1 Å². The highest BCUT2D eigenvalue weighted by Gasteiger charge is 2.53. The molecule has 1 aromatic rings. The Kier molecular flexibility index (Phi) is 3.66. The second kappa shape index (κ2) is 4.83. The third-order valence-corrected chi connectivity index (χ3v) is 4.13. The molecule has 0 bridgehead atoms. The molecule has 0 amide bonds. The molecular weight excluding hydrogens is 322 g/mol. The summed E-state index contributed by atoms with van der Waals surface area (Å²) in [6, 6.07) is 6.04. The average molecular weight is 335 g/mol. The molecule has 1 aliphatic rings. The summed E-state index contributed by atoms with van der Waals surface area (Å²) in [5.41, 5.74) is -2.13. The number of halogens is 3. The van der Waals surface area contributed by atoms with Gasteiger partial charge in [0.25, 0.3) is 0 Å². The average Bonchev–Trinajstić information content (AvgIpc) is 2.69. The van der Waals surface area contributed by atoms with Crippen molar-refractivity contribution in [3.63, 3.8) is 0 Å². The number of hydrogen-bond donors (Lipinski definition) is 2. The molecule has 0 saturated heterocycles. The van der Waals surface area contributed by atoms with E-state index >= 15 is 0 Å². The maximum atomic E-state index is 13.3. The molecule has 6 heteroatoms. The summed E-state index contributed by atoms with van der Waals surface area (Å²) in [5, 5.41) is 19.7. The lowest BCUT2D eigenvalue weighted by Crippen LogP contribution is -2.42. The highest BCUT2D eigenvalue weighted by Crippen LogP contribution is 2.47. The summed E-state index contributed by atoms with van der Waals surface area (Å²) < 4.78 is 27.2. The second-order valence-corrected chi connectivity index (χ2v) is 5.79. The van der Waals surface area contributed by atoms with E-state index in [1.54, 1.807) is 12.1 Å². The number of carbonyl (C=O) groups is 1. The number of hydrogen-bond acceptors (Lipinski definition) is 2. The Hall–Kier alpha value is -1.01. The lowest BCUT2D eigenvalue weighted by molar-refractivity contribution is -0.167. The van der Waals surface area contributed by atoms with E-state index in [0.717, 1.165) is 4.47 Å². The highest BCUT2D eigenvalue weighted by molar-refractivity contribution is 9.10. The van der Waals surface area contributed by atoms with Crippen LogP contribution in [0.25, 0.3) is 0 Å². The van der Waals surface area contributed by atoms with Crippen LogP contribution < -0.4 is 0 Å². The number of benzene rings is 1. The third kappa shape index (κ3) is 2.65. The molecule has 104 valence electrons. The standard InChI is InChI=1S/C13H13BrF2O3/c14-10-3-1-8(2-4-10)13(19,11(17)18)9-5-6-12(15,16)7-9/h1-4,9,19H,5-7H2,(H,17,18)/t9-,13+/m1/s1. The van der Waals surface area contributed by atoms with E-state index in [4.69, 9.17) is 0 Å². The monoisotopic (exact) mass is 334 g/mol. The molecule has 1 aromatic carbocycles. The van der Waals surface area contributed by atoms with E-state index in [1.807, 2.05) is 0 Å². The molecule has 2 atom stereocenters. The van der Waals surface area contributed by atoms with Crippen LogP contribution in [0, 0.1) is 5.92 Å². The highest BCUT2D eigenvalue weighted by atomic mass is 79.9. The molecule has 19 heavy (non-hydrogen) atoms. The normalized spacial score (nSPS) is 24.9. The number of rotatable bonds is 3. The summed E-state index contributed by atoms with van der Waals surface area (Å²) in [4.78, 5) is 11.4. The zero-order valence-electron chi connectivity index (χ0n) is 9.94. The number of carboxylic acid groups (broad SMARTS) is 1. The van der Waals surface area contributed by atoms with Crippen molar-refractivity contribution >= 4 is 21.9 Å². The summed E-state index contributed by atoms with van der Waals surface area (Å²) in [7, 11) is 0. The summed E-state index contributed by atoms with van der Waals surface area (Å²) in [5.74, 6) is -5.37. The lowest BCUT2D eigenvalue weighted by Gasteiger charge is -2.30. The Bertz CT molecular complexity index is 489. The third-order valence-electron chi connectivity index (χ3n) is 3.60. The molecule has 0 unspecified atom stereocenters. The van der Waals surface area contributed by atoms with E-state index in [9.17, 15) is 23.8 Å². The Morgan fingerprint density at radius 1 is 1.37 bits per heavy atom. The van der Waals surface area contributed by atoms with Crippen LogP contribution in [0.5, 0.6) is 0 Å². The Labute approximate surface area is 117 Å². The first kappa shape index (κ1) is 14.4. The van der Waals surface area contributed by atoms with E-state index in [2.05, 4.69) is 15.9 Å². The number of carboxylic acids is 1. The fraction of sp³-hybridized carbons (Fsp3) is 0.462. The van der Waals surface area contributed by atoms with E-state index in [0.29, 0.717) is 0 Å².